The highest BCUT2D eigenvalue weighted by atomic mass is 35.5. The summed E-state index contributed by atoms with van der Waals surface area (Å²) in [6, 6.07) is 25.9. The number of amides is 1. The SMILES string of the molecule is Cc1cc(N)nc(C)c1CN.Cc1cc(N)nc(C)c1CNC(=O)c1ccnc(Cc2ccc3ncc(Cl)cc3c2)c1.Cl.O=C(O)c1ccnc(Cc2ccc3ncc(Cl)cc3c2)c1. The highest BCUT2D eigenvalue weighted by molar-refractivity contribution is 6.31. The fraction of sp³-hybridized carbons (Fsp3) is 0.167. The molecule has 0 atom stereocenters. The second-order valence-corrected chi connectivity index (χ2v) is 15.7. The first-order valence-corrected chi connectivity index (χ1v) is 20.6. The van der Waals surface area contributed by atoms with Crippen molar-refractivity contribution in [3.05, 3.63) is 187 Å². The van der Waals surface area contributed by atoms with Crippen LogP contribution in [-0.2, 0) is 25.9 Å². The van der Waals surface area contributed by atoms with E-state index in [1.54, 1.807) is 30.7 Å². The Balaban J connectivity index is 0.000000201. The largest absolute Gasteiger partial charge is 0.478 e. The van der Waals surface area contributed by atoms with Gasteiger partial charge in [0.05, 0.1) is 26.6 Å². The molecule has 6 aromatic heterocycles. The van der Waals surface area contributed by atoms with Gasteiger partial charge in [-0.15, -0.1) is 12.4 Å². The fourth-order valence-electron chi connectivity index (χ4n) is 6.99. The zero-order valence-electron chi connectivity index (χ0n) is 35.6. The Kier molecular flexibility index (Phi) is 16.6. The monoisotopic (exact) mass is 916 g/mol. The van der Waals surface area contributed by atoms with Crippen molar-refractivity contribution in [3.63, 3.8) is 0 Å². The number of aryl methyl sites for hydroxylation is 4. The van der Waals surface area contributed by atoms with E-state index in [4.69, 9.17) is 45.5 Å². The van der Waals surface area contributed by atoms with Crippen LogP contribution >= 0.6 is 35.6 Å². The highest BCUT2D eigenvalue weighted by Gasteiger charge is 2.12. The molecule has 0 fully saturated rings. The lowest BCUT2D eigenvalue weighted by Gasteiger charge is -2.12. The Labute approximate surface area is 387 Å². The Hall–Kier alpha value is -6.77. The quantitative estimate of drug-likeness (QED) is 0.0915. The first-order chi connectivity index (χ1) is 30.1. The molecule has 328 valence electrons. The molecule has 0 spiro atoms. The first-order valence-electron chi connectivity index (χ1n) is 19.8. The summed E-state index contributed by atoms with van der Waals surface area (Å²) in [6.07, 6.45) is 7.58. The molecule has 0 bridgehead atoms. The molecule has 0 aliphatic carbocycles. The van der Waals surface area contributed by atoms with Gasteiger partial charge in [-0.1, -0.05) is 35.3 Å². The highest BCUT2D eigenvalue weighted by Crippen LogP contribution is 2.22. The van der Waals surface area contributed by atoms with Crippen LogP contribution in [-0.4, -0.2) is 46.9 Å². The van der Waals surface area contributed by atoms with Gasteiger partial charge in [-0.3, -0.25) is 24.7 Å². The van der Waals surface area contributed by atoms with Crippen LogP contribution in [0.3, 0.4) is 0 Å². The second kappa shape index (κ2) is 22.0. The minimum Gasteiger partial charge on any atom is -0.478 e. The summed E-state index contributed by atoms with van der Waals surface area (Å²) in [4.78, 5) is 49.3. The van der Waals surface area contributed by atoms with Crippen LogP contribution < -0.4 is 22.5 Å². The van der Waals surface area contributed by atoms with E-state index >= 15 is 0 Å². The zero-order chi connectivity index (χ0) is 45.2. The van der Waals surface area contributed by atoms with Gasteiger partial charge in [0.2, 0.25) is 0 Å². The lowest BCUT2D eigenvalue weighted by atomic mass is 10.0. The number of nitrogen functional groups attached to an aromatic ring is 2. The van der Waals surface area contributed by atoms with Crippen molar-refractivity contribution in [1.82, 2.24) is 35.2 Å². The van der Waals surface area contributed by atoms with Gasteiger partial charge in [-0.05, 0) is 134 Å². The summed E-state index contributed by atoms with van der Waals surface area (Å²) in [5.41, 5.74) is 29.0. The molecule has 1 amide bonds. The summed E-state index contributed by atoms with van der Waals surface area (Å²) in [7, 11) is 0. The molecule has 0 saturated heterocycles. The number of nitrogens with two attached hydrogens (primary N) is 3. The van der Waals surface area contributed by atoms with Crippen LogP contribution in [0.5, 0.6) is 0 Å². The number of rotatable bonds is 9. The number of nitrogens with one attached hydrogen (secondary N) is 1. The Bertz CT molecular complexity index is 2920. The molecule has 64 heavy (non-hydrogen) atoms. The van der Waals surface area contributed by atoms with E-state index in [1.807, 2.05) is 94.4 Å². The van der Waals surface area contributed by atoms with E-state index in [0.717, 1.165) is 72.3 Å². The molecule has 8 N–H and O–H groups in total. The predicted octanol–water partition coefficient (Wildman–Crippen LogP) is 9.13. The number of fused-ring (bicyclic) bond motifs is 2. The van der Waals surface area contributed by atoms with Gasteiger partial charge in [0.15, 0.2) is 0 Å². The number of pyridine rings is 6. The third-order valence-corrected chi connectivity index (χ3v) is 10.5. The first kappa shape index (κ1) is 48.3. The van der Waals surface area contributed by atoms with E-state index in [9.17, 15) is 9.59 Å². The molecule has 0 aliphatic rings. The lowest BCUT2D eigenvalue weighted by Crippen LogP contribution is -2.24. The average Bonchev–Trinajstić information content (AvgIpc) is 3.23. The number of carbonyl (C=O) groups excluding carboxylic acids is 1. The fourth-order valence-corrected chi connectivity index (χ4v) is 7.33. The smallest absolute Gasteiger partial charge is 0.335 e. The maximum atomic E-state index is 12.7. The molecule has 8 rings (SSSR count). The molecule has 0 radical (unpaired) electrons. The molecule has 0 saturated carbocycles. The van der Waals surface area contributed by atoms with E-state index < -0.39 is 5.97 Å². The number of carbonyl (C=O) groups is 2. The number of carboxylic acids is 1. The summed E-state index contributed by atoms with van der Waals surface area (Å²) >= 11 is 12.0. The van der Waals surface area contributed by atoms with Gasteiger partial charge in [0.25, 0.3) is 5.91 Å². The number of hydrogen-bond acceptors (Lipinski definition) is 11. The van der Waals surface area contributed by atoms with E-state index in [2.05, 4.69) is 35.2 Å². The number of carboxylic acid groups (broad SMARTS) is 1. The number of benzene rings is 2. The Morgan fingerprint density at radius 3 is 1.56 bits per heavy atom. The maximum absolute atomic E-state index is 12.7. The number of anilines is 2. The maximum Gasteiger partial charge on any atom is 0.335 e. The van der Waals surface area contributed by atoms with E-state index in [1.165, 1.54) is 12.3 Å². The van der Waals surface area contributed by atoms with Crippen molar-refractivity contribution in [2.24, 2.45) is 5.73 Å². The van der Waals surface area contributed by atoms with Crippen molar-refractivity contribution in [2.75, 3.05) is 11.5 Å². The molecular weight excluding hydrogens is 871 g/mol. The average molecular weight is 918 g/mol. The van der Waals surface area contributed by atoms with E-state index in [-0.39, 0.29) is 23.9 Å². The third-order valence-electron chi connectivity index (χ3n) is 10.1. The molecule has 13 nitrogen and oxygen atoms in total. The van der Waals surface area contributed by atoms with Crippen molar-refractivity contribution < 1.29 is 14.7 Å². The number of aromatic carboxylic acids is 1. The normalized spacial score (nSPS) is 10.5. The van der Waals surface area contributed by atoms with Gasteiger partial charge < -0.3 is 27.6 Å². The Morgan fingerprint density at radius 2 is 1.09 bits per heavy atom. The van der Waals surface area contributed by atoms with Crippen molar-refractivity contribution in [3.8, 4) is 0 Å². The summed E-state index contributed by atoms with van der Waals surface area (Å²) in [5.74, 6) is -0.0605. The minimum absolute atomic E-state index is 0. The van der Waals surface area contributed by atoms with Crippen molar-refractivity contribution in [2.45, 2.75) is 53.6 Å². The summed E-state index contributed by atoms with van der Waals surface area (Å²) in [5, 5.41) is 15.1. The van der Waals surface area contributed by atoms with Crippen LogP contribution in [0.1, 0.15) is 76.9 Å². The number of aromatic nitrogens is 6. The molecule has 2 aromatic carbocycles. The minimum atomic E-state index is -0.951. The van der Waals surface area contributed by atoms with Crippen LogP contribution in [0.15, 0.2) is 110 Å². The van der Waals surface area contributed by atoms with Crippen LogP contribution in [0.2, 0.25) is 10.0 Å². The lowest BCUT2D eigenvalue weighted by molar-refractivity contribution is 0.0696. The van der Waals surface area contributed by atoms with Crippen molar-refractivity contribution >= 4 is 80.9 Å². The van der Waals surface area contributed by atoms with Gasteiger partial charge >= 0.3 is 5.97 Å². The van der Waals surface area contributed by atoms with Gasteiger partial charge in [-0.2, -0.15) is 0 Å². The van der Waals surface area contributed by atoms with Crippen molar-refractivity contribution in [1.29, 1.82) is 0 Å². The van der Waals surface area contributed by atoms with Crippen LogP contribution in [0.25, 0.3) is 21.8 Å². The molecule has 6 heterocycles. The zero-order valence-corrected chi connectivity index (χ0v) is 37.9. The molecule has 0 unspecified atom stereocenters. The number of halogens is 3. The number of hydrogen-bond donors (Lipinski definition) is 5. The second-order valence-electron chi connectivity index (χ2n) is 14.8. The Morgan fingerprint density at radius 1 is 0.625 bits per heavy atom. The summed E-state index contributed by atoms with van der Waals surface area (Å²) < 4.78 is 0. The van der Waals surface area contributed by atoms with Crippen LogP contribution in [0.4, 0.5) is 11.6 Å². The standard InChI is InChI=1S/C24H22ClN5O.C16H11ClN2O2.C8H13N3.ClH/c1-14-7-23(26)30-15(2)21(14)13-29-24(31)17-5-6-27-20(11-17)9-16-3-4-22-18(8-16)10-19(25)12-28-22;17-13-7-12-5-10(1-2-15(12)19-9-13)6-14-8-11(16(20)21)3-4-18-14;1-5-3-8(10)11-6(2)7(5)4-9;/h3-8,10-12H,9,13H2,1-2H3,(H2,26,30)(H,29,31);1-5,7-9H,6H2,(H,20,21);3H,4,9H2,1-2H3,(H2,10,11);1H. The molecule has 8 aromatic rings. The van der Waals surface area contributed by atoms with Gasteiger partial charge in [0.1, 0.15) is 11.6 Å². The number of nitrogens with zero attached hydrogens (tertiary/aromatic N) is 6. The predicted molar refractivity (Wildman–Crippen MR) is 257 cm³/mol. The van der Waals surface area contributed by atoms with E-state index in [0.29, 0.717) is 58.9 Å². The molecular formula is C48H47Cl3N10O3. The summed E-state index contributed by atoms with van der Waals surface area (Å²) in [6.45, 7) is 8.69. The molecule has 16 heteroatoms. The van der Waals surface area contributed by atoms with Gasteiger partial charge in [0, 0.05) is 89.8 Å². The van der Waals surface area contributed by atoms with Gasteiger partial charge in [-0.25, -0.2) is 14.8 Å². The third kappa shape index (κ3) is 12.9. The topological polar surface area (TPSA) is 222 Å². The molecule has 0 aliphatic heterocycles. The van der Waals surface area contributed by atoms with Crippen LogP contribution in [0, 0.1) is 27.7 Å².